The van der Waals surface area contributed by atoms with E-state index in [9.17, 15) is 31.5 Å². The molecule has 0 N–H and O–H groups in total. The number of ether oxygens (including phenoxy) is 2. The summed E-state index contributed by atoms with van der Waals surface area (Å²) >= 11 is 0.481. The number of hydrogen-bond donors (Lipinski definition) is 0. The van der Waals surface area contributed by atoms with Crippen LogP contribution in [0.25, 0.3) is 0 Å². The van der Waals surface area contributed by atoms with E-state index in [4.69, 9.17) is 4.74 Å². The quantitative estimate of drug-likeness (QED) is 0.492. The molecule has 1 aromatic rings. The summed E-state index contributed by atoms with van der Waals surface area (Å²) < 4.78 is 72.5. The number of alkyl halides is 5. The number of carbonyl (C=O) groups is 2. The normalized spacial score (nSPS) is 12.8. The van der Waals surface area contributed by atoms with Crippen LogP contribution in [-0.4, -0.2) is 36.5 Å². The number of hydrogen-bond acceptors (Lipinski definition) is 5. The molecule has 0 saturated heterocycles. The summed E-state index contributed by atoms with van der Waals surface area (Å²) in [5.41, 5.74) is -0.206. The van der Waals surface area contributed by atoms with Gasteiger partial charge in [-0.1, -0.05) is 18.7 Å². The van der Waals surface area contributed by atoms with Gasteiger partial charge in [0.25, 0.3) is 0 Å². The molecule has 1 unspecified atom stereocenters. The predicted molar refractivity (Wildman–Crippen MR) is 81.3 cm³/mol. The van der Waals surface area contributed by atoms with Gasteiger partial charge in [-0.05, 0) is 24.0 Å². The zero-order valence-corrected chi connectivity index (χ0v) is 14.0. The highest BCUT2D eigenvalue weighted by Crippen LogP contribution is 2.35. The van der Waals surface area contributed by atoms with Crippen molar-refractivity contribution in [2.75, 3.05) is 12.9 Å². The molecule has 0 bridgehead atoms. The van der Waals surface area contributed by atoms with Crippen molar-refractivity contribution in [2.24, 2.45) is 5.92 Å². The van der Waals surface area contributed by atoms with Gasteiger partial charge in [0.1, 0.15) is 5.92 Å². The van der Waals surface area contributed by atoms with E-state index in [0.717, 1.165) is 25.3 Å². The van der Waals surface area contributed by atoms with Gasteiger partial charge >= 0.3 is 12.8 Å². The van der Waals surface area contributed by atoms with Crippen molar-refractivity contribution in [3.63, 3.8) is 0 Å². The molecule has 0 aliphatic heterocycles. The number of thioether (sulfide) groups is 1. The van der Waals surface area contributed by atoms with E-state index in [1.54, 1.807) is 0 Å². The summed E-state index contributed by atoms with van der Waals surface area (Å²) in [6, 6.07) is 3.02. The lowest BCUT2D eigenvalue weighted by Gasteiger charge is -2.18. The number of rotatable bonds is 8. The third-order valence-electron chi connectivity index (χ3n) is 3.06. The number of halogens is 5. The minimum Gasteiger partial charge on any atom is -0.493 e. The Morgan fingerprint density at radius 3 is 2.32 bits per heavy atom. The standard InChI is InChI=1S/C15H15F5O4S/c1-3-25-13(22)9(15(18,19)20)7-10(21)8-4-5-11(24-14(16)17)12(6-8)23-2/h4-6,9,14H,3,7H2,1-2H3. The fourth-order valence-electron chi connectivity index (χ4n) is 1.91. The van der Waals surface area contributed by atoms with E-state index < -0.39 is 36.0 Å². The summed E-state index contributed by atoms with van der Waals surface area (Å²) in [4.78, 5) is 23.7. The molecule has 10 heteroatoms. The maximum Gasteiger partial charge on any atom is 0.399 e. The first-order chi connectivity index (χ1) is 11.6. The highest BCUT2D eigenvalue weighted by Gasteiger charge is 2.45. The Labute approximate surface area is 144 Å². The summed E-state index contributed by atoms with van der Waals surface area (Å²) in [6.07, 6.45) is -5.94. The molecular formula is C15H15F5O4S. The number of carbonyl (C=O) groups excluding carboxylic acids is 2. The molecule has 0 aliphatic rings. The van der Waals surface area contributed by atoms with Gasteiger partial charge in [0.2, 0.25) is 5.12 Å². The monoisotopic (exact) mass is 386 g/mol. The van der Waals surface area contributed by atoms with E-state index in [0.29, 0.717) is 11.8 Å². The lowest BCUT2D eigenvalue weighted by Crippen LogP contribution is -2.31. The second-order valence-corrected chi connectivity index (χ2v) is 5.99. The second kappa shape index (κ2) is 9.02. The number of ketones is 1. The molecule has 4 nitrogen and oxygen atoms in total. The van der Waals surface area contributed by atoms with Crippen LogP contribution in [0.4, 0.5) is 22.0 Å². The molecule has 1 rings (SSSR count). The molecule has 0 radical (unpaired) electrons. The third-order valence-corrected chi connectivity index (χ3v) is 3.92. The van der Waals surface area contributed by atoms with Crippen molar-refractivity contribution in [1.82, 2.24) is 0 Å². The van der Waals surface area contributed by atoms with Crippen LogP contribution in [0.5, 0.6) is 11.5 Å². The first kappa shape index (κ1) is 21.2. The van der Waals surface area contributed by atoms with Gasteiger partial charge in [-0.15, -0.1) is 0 Å². The minimum absolute atomic E-state index is 0.146. The Bertz CT molecular complexity index is 618. The predicted octanol–water partition coefficient (Wildman–Crippen LogP) is 4.33. The topological polar surface area (TPSA) is 52.6 Å². The van der Waals surface area contributed by atoms with Crippen LogP contribution in [0, 0.1) is 5.92 Å². The minimum atomic E-state index is -4.86. The van der Waals surface area contributed by atoms with Crippen LogP contribution in [0.3, 0.4) is 0 Å². The smallest absolute Gasteiger partial charge is 0.399 e. The van der Waals surface area contributed by atoms with Gasteiger partial charge in [0.15, 0.2) is 17.3 Å². The number of Topliss-reactive ketones (excluding diaryl/α,β-unsaturated/α-hetero) is 1. The van der Waals surface area contributed by atoms with E-state index in [-0.39, 0.29) is 22.8 Å². The largest absolute Gasteiger partial charge is 0.493 e. The highest BCUT2D eigenvalue weighted by atomic mass is 32.2. The lowest BCUT2D eigenvalue weighted by molar-refractivity contribution is -0.175. The Balaban J connectivity index is 3.03. The van der Waals surface area contributed by atoms with E-state index in [1.165, 1.54) is 6.92 Å². The maximum atomic E-state index is 13.0. The third kappa shape index (κ3) is 6.18. The molecule has 0 heterocycles. The zero-order valence-electron chi connectivity index (χ0n) is 13.2. The van der Waals surface area contributed by atoms with E-state index in [2.05, 4.69) is 4.74 Å². The van der Waals surface area contributed by atoms with Gasteiger partial charge in [-0.3, -0.25) is 9.59 Å². The van der Waals surface area contributed by atoms with Gasteiger partial charge in [-0.2, -0.15) is 22.0 Å². The average molecular weight is 386 g/mol. The zero-order chi connectivity index (χ0) is 19.2. The Hall–Kier alpha value is -1.84. The molecule has 0 saturated carbocycles. The number of benzene rings is 1. The Morgan fingerprint density at radius 2 is 1.84 bits per heavy atom. The molecule has 0 amide bonds. The molecule has 0 aromatic heterocycles. The van der Waals surface area contributed by atoms with Crippen molar-refractivity contribution in [2.45, 2.75) is 26.1 Å². The molecule has 25 heavy (non-hydrogen) atoms. The Morgan fingerprint density at radius 1 is 1.20 bits per heavy atom. The van der Waals surface area contributed by atoms with E-state index in [1.807, 2.05) is 0 Å². The molecule has 1 aromatic carbocycles. The lowest BCUT2D eigenvalue weighted by atomic mass is 9.98. The Kier molecular flexibility index (Phi) is 7.65. The van der Waals surface area contributed by atoms with E-state index >= 15 is 0 Å². The summed E-state index contributed by atoms with van der Waals surface area (Å²) in [6.45, 7) is -1.61. The van der Waals surface area contributed by atoms with Gasteiger partial charge in [0.05, 0.1) is 7.11 Å². The van der Waals surface area contributed by atoms with Crippen molar-refractivity contribution < 1.29 is 41.0 Å². The van der Waals surface area contributed by atoms with Crippen molar-refractivity contribution in [1.29, 1.82) is 0 Å². The molecule has 0 spiro atoms. The van der Waals surface area contributed by atoms with Crippen LogP contribution in [0.2, 0.25) is 0 Å². The first-order valence-electron chi connectivity index (χ1n) is 6.99. The fourth-order valence-corrected chi connectivity index (χ4v) is 2.62. The van der Waals surface area contributed by atoms with Crippen LogP contribution in [0.1, 0.15) is 23.7 Å². The van der Waals surface area contributed by atoms with Crippen LogP contribution < -0.4 is 9.47 Å². The highest BCUT2D eigenvalue weighted by molar-refractivity contribution is 8.13. The van der Waals surface area contributed by atoms with Gasteiger partial charge in [0, 0.05) is 12.0 Å². The average Bonchev–Trinajstić information content (AvgIpc) is 2.51. The maximum absolute atomic E-state index is 13.0. The van der Waals surface area contributed by atoms with Crippen molar-refractivity contribution in [3.8, 4) is 11.5 Å². The molecule has 1 atom stereocenters. The summed E-state index contributed by atoms with van der Waals surface area (Å²) in [5, 5.41) is -1.15. The molecule has 140 valence electrons. The van der Waals surface area contributed by atoms with Crippen molar-refractivity contribution >= 4 is 22.7 Å². The molecular weight excluding hydrogens is 371 g/mol. The first-order valence-corrected chi connectivity index (χ1v) is 7.98. The number of methoxy groups -OCH3 is 1. The van der Waals surface area contributed by atoms with Crippen LogP contribution in [-0.2, 0) is 4.79 Å². The SMILES string of the molecule is CCSC(=O)C(CC(=O)c1ccc(OC(F)F)c(OC)c1)C(F)(F)F. The fraction of sp³-hybridized carbons (Fsp3) is 0.467. The van der Waals surface area contributed by atoms with Crippen molar-refractivity contribution in [3.05, 3.63) is 23.8 Å². The molecule has 0 fully saturated rings. The second-order valence-electron chi connectivity index (χ2n) is 4.72. The van der Waals surface area contributed by atoms with Crippen LogP contribution in [0.15, 0.2) is 18.2 Å². The van der Waals surface area contributed by atoms with Crippen LogP contribution >= 0.6 is 11.8 Å². The van der Waals surface area contributed by atoms with Gasteiger partial charge < -0.3 is 9.47 Å². The van der Waals surface area contributed by atoms with Gasteiger partial charge in [-0.25, -0.2) is 0 Å². The summed E-state index contributed by atoms with van der Waals surface area (Å²) in [5.74, 6) is -3.85. The summed E-state index contributed by atoms with van der Waals surface area (Å²) in [7, 11) is 1.13. The molecule has 0 aliphatic carbocycles.